The number of hydrogen-bond donors (Lipinski definition) is 0. The lowest BCUT2D eigenvalue weighted by Crippen LogP contribution is -2.66. The van der Waals surface area contributed by atoms with Crippen LogP contribution in [0.3, 0.4) is 0 Å². The predicted molar refractivity (Wildman–Crippen MR) is 222 cm³/mol. The van der Waals surface area contributed by atoms with Crippen molar-refractivity contribution >= 4 is 64.6 Å². The maximum atomic E-state index is 13.7. The fraction of sp³-hybridized carbons (Fsp3) is 0.844. The highest BCUT2D eigenvalue weighted by Crippen LogP contribution is 2.76. The first kappa shape index (κ1) is 47.4. The number of carbonyl (C=O) groups is 5. The Morgan fingerprint density at radius 3 is 2.00 bits per heavy atom. The summed E-state index contributed by atoms with van der Waals surface area (Å²) in [6, 6.07) is 0. The van der Waals surface area contributed by atoms with Gasteiger partial charge in [0.25, 0.3) is 3.79 Å². The van der Waals surface area contributed by atoms with Gasteiger partial charge in [-0.3, -0.25) is 19.2 Å². The number of halogens is 3. The average Bonchev–Trinajstić information content (AvgIpc) is 3.13. The van der Waals surface area contributed by atoms with E-state index in [9.17, 15) is 24.0 Å². The monoisotopic (exact) mass is 902 g/mol. The molecule has 338 valence electrons. The van der Waals surface area contributed by atoms with Gasteiger partial charge in [-0.05, 0) is 109 Å². The van der Waals surface area contributed by atoms with E-state index in [1.807, 2.05) is 0 Å². The van der Waals surface area contributed by atoms with Crippen LogP contribution in [0.4, 0.5) is 0 Å². The molecule has 60 heavy (non-hydrogen) atoms. The Bertz CT molecular complexity index is 1760. The third-order valence-electron chi connectivity index (χ3n) is 16.6. The summed E-state index contributed by atoms with van der Waals surface area (Å²) >= 11 is 17.9. The van der Waals surface area contributed by atoms with Crippen LogP contribution in [0.2, 0.25) is 0 Å². The summed E-state index contributed by atoms with van der Waals surface area (Å²) in [4.78, 5) is 63.8. The predicted octanol–water partition coefficient (Wildman–Crippen LogP) is 8.78. The SMILES string of the molecule is COC(=O)[C@]12CCC(C)(C)C[C@H]1C1=CC[C@@H]3[C@@]4(C)CC[C@H](O[C@@H]5O[C@H](COC(C)=O)[C@H](OC(C)=O)[C@H](OC(C)=O)[C@H]5OC(=O)C(Cl)(Cl)Cl)C(C)(C)[C@@H]4CC[C@@]3(C)[C@]1(C)CC2. The topological polar surface area (TPSA) is 150 Å². The second-order valence-corrected chi connectivity index (χ2v) is 23.0. The van der Waals surface area contributed by atoms with Crippen molar-refractivity contribution in [1.82, 2.24) is 0 Å². The fourth-order valence-electron chi connectivity index (χ4n) is 13.5. The molecule has 5 fully saturated rings. The van der Waals surface area contributed by atoms with Crippen LogP contribution < -0.4 is 0 Å². The maximum Gasteiger partial charge on any atom is 0.359 e. The highest BCUT2D eigenvalue weighted by atomic mass is 35.6. The van der Waals surface area contributed by atoms with Crippen LogP contribution in [-0.2, 0) is 57.1 Å². The zero-order chi connectivity index (χ0) is 44.6. The molecule has 0 bridgehead atoms. The third-order valence-corrected chi connectivity index (χ3v) is 17.0. The zero-order valence-electron chi connectivity index (χ0n) is 37.1. The Kier molecular flexibility index (Phi) is 13.0. The van der Waals surface area contributed by atoms with Crippen molar-refractivity contribution in [2.75, 3.05) is 13.7 Å². The molecule has 0 N–H and O–H groups in total. The first-order valence-electron chi connectivity index (χ1n) is 21.5. The number of methoxy groups -OCH3 is 1. The summed E-state index contributed by atoms with van der Waals surface area (Å²) in [6.45, 7) is 19.6. The van der Waals surface area contributed by atoms with E-state index in [1.165, 1.54) is 19.6 Å². The maximum absolute atomic E-state index is 13.7. The highest BCUT2D eigenvalue weighted by molar-refractivity contribution is 6.75. The van der Waals surface area contributed by atoms with Crippen molar-refractivity contribution in [3.8, 4) is 0 Å². The average molecular weight is 904 g/mol. The number of esters is 5. The van der Waals surface area contributed by atoms with Crippen LogP contribution >= 0.6 is 34.8 Å². The Balaban J connectivity index is 1.33. The van der Waals surface area contributed by atoms with Gasteiger partial charge in [-0.2, -0.15) is 0 Å². The number of ether oxygens (including phenoxy) is 7. The number of rotatable bonds is 8. The second-order valence-electron chi connectivity index (χ2n) is 20.7. The van der Waals surface area contributed by atoms with E-state index >= 15 is 0 Å². The van der Waals surface area contributed by atoms with Gasteiger partial charge in [0.15, 0.2) is 24.6 Å². The van der Waals surface area contributed by atoms with E-state index in [1.54, 1.807) is 0 Å². The number of hydrogen-bond acceptors (Lipinski definition) is 12. The van der Waals surface area contributed by atoms with Crippen molar-refractivity contribution in [1.29, 1.82) is 0 Å². The van der Waals surface area contributed by atoms with E-state index < -0.39 is 81.9 Å². The van der Waals surface area contributed by atoms with Crippen molar-refractivity contribution in [2.45, 2.75) is 174 Å². The molecule has 1 saturated heterocycles. The van der Waals surface area contributed by atoms with Crippen molar-refractivity contribution in [3.05, 3.63) is 11.6 Å². The van der Waals surface area contributed by atoms with Gasteiger partial charge < -0.3 is 33.2 Å². The molecule has 1 heterocycles. The molecule has 0 aromatic heterocycles. The molecule has 0 aromatic rings. The molecule has 1 aliphatic heterocycles. The quantitative estimate of drug-likeness (QED) is 0.0754. The van der Waals surface area contributed by atoms with Gasteiger partial charge >= 0.3 is 29.8 Å². The van der Waals surface area contributed by atoms with Gasteiger partial charge in [0.1, 0.15) is 12.7 Å². The minimum absolute atomic E-state index is 0.0220. The molecule has 6 aliphatic rings. The second kappa shape index (κ2) is 16.5. The molecular weight excluding hydrogens is 839 g/mol. The zero-order valence-corrected chi connectivity index (χ0v) is 39.4. The number of allylic oxidation sites excluding steroid dienone is 2. The molecule has 15 heteroatoms. The number of fused-ring (bicyclic) bond motifs is 7. The lowest BCUT2D eigenvalue weighted by atomic mass is 9.33. The molecule has 0 spiro atoms. The molecular formula is C45H65Cl3O12. The van der Waals surface area contributed by atoms with Crippen LogP contribution in [0.1, 0.15) is 133 Å². The summed E-state index contributed by atoms with van der Waals surface area (Å²) in [6.07, 6.45) is 3.94. The molecule has 4 saturated carbocycles. The van der Waals surface area contributed by atoms with Crippen molar-refractivity contribution in [2.24, 2.45) is 50.2 Å². The third kappa shape index (κ3) is 8.13. The largest absolute Gasteiger partial charge is 0.469 e. The van der Waals surface area contributed by atoms with Gasteiger partial charge in [-0.25, -0.2) is 4.79 Å². The Labute approximate surface area is 370 Å². The Morgan fingerprint density at radius 2 is 1.40 bits per heavy atom. The number of alkyl halides is 3. The summed E-state index contributed by atoms with van der Waals surface area (Å²) in [5, 5.41) is 0. The van der Waals surface area contributed by atoms with Gasteiger partial charge in [0.2, 0.25) is 0 Å². The lowest BCUT2D eigenvalue weighted by Gasteiger charge is -2.71. The van der Waals surface area contributed by atoms with Crippen LogP contribution in [0.25, 0.3) is 0 Å². The fourth-order valence-corrected chi connectivity index (χ4v) is 13.6. The number of carbonyl (C=O) groups excluding carboxylic acids is 5. The molecule has 0 aromatic carbocycles. The molecule has 0 amide bonds. The van der Waals surface area contributed by atoms with Crippen LogP contribution in [0.5, 0.6) is 0 Å². The van der Waals surface area contributed by atoms with Crippen molar-refractivity contribution < 1.29 is 57.1 Å². The van der Waals surface area contributed by atoms with E-state index in [0.29, 0.717) is 12.3 Å². The lowest BCUT2D eigenvalue weighted by molar-refractivity contribution is -0.333. The Morgan fingerprint density at radius 1 is 0.767 bits per heavy atom. The molecule has 0 radical (unpaired) electrons. The van der Waals surface area contributed by atoms with E-state index in [2.05, 4.69) is 54.5 Å². The Hall–Kier alpha value is -2.12. The summed E-state index contributed by atoms with van der Waals surface area (Å²) in [5.74, 6) is -2.79. The molecule has 12 nitrogen and oxygen atoms in total. The normalized spacial score (nSPS) is 41.7. The van der Waals surface area contributed by atoms with Gasteiger partial charge in [0.05, 0.1) is 18.6 Å². The minimum Gasteiger partial charge on any atom is -0.469 e. The highest BCUT2D eigenvalue weighted by Gasteiger charge is 2.70. The van der Waals surface area contributed by atoms with Crippen LogP contribution in [-0.4, -0.2) is 84.2 Å². The summed E-state index contributed by atoms with van der Waals surface area (Å²) < 4.78 is 38.6. The summed E-state index contributed by atoms with van der Waals surface area (Å²) in [5.41, 5.74) is 0.462. The van der Waals surface area contributed by atoms with E-state index in [4.69, 9.17) is 68.0 Å². The van der Waals surface area contributed by atoms with Crippen LogP contribution in [0.15, 0.2) is 11.6 Å². The van der Waals surface area contributed by atoms with E-state index in [0.717, 1.165) is 71.6 Å². The van der Waals surface area contributed by atoms with Crippen LogP contribution in [0, 0.1) is 50.2 Å². The van der Waals surface area contributed by atoms with E-state index in [-0.39, 0.29) is 39.5 Å². The molecule has 6 rings (SSSR count). The summed E-state index contributed by atoms with van der Waals surface area (Å²) in [7, 11) is 1.54. The molecule has 13 atom stereocenters. The smallest absolute Gasteiger partial charge is 0.359 e. The van der Waals surface area contributed by atoms with Gasteiger partial charge in [0, 0.05) is 20.8 Å². The van der Waals surface area contributed by atoms with Gasteiger partial charge in [-0.1, -0.05) is 94.9 Å². The first-order valence-corrected chi connectivity index (χ1v) is 22.7. The first-order chi connectivity index (χ1) is 27.7. The standard InChI is InChI=1S/C45H65Cl3O12/c1-24(49)55-23-29-33(56-25(2)50)34(57-26(3)51)35(60-38(53)45(46,47)48)36(58-29)59-32-15-16-41(8)30(40(32,6)7)14-17-43(10)31(41)13-12-27-28-22-39(4,5)18-20-44(28,37(52)54-11)21-19-42(27,43)9/h12,28-36H,13-23H2,1-11H3/t28-,29+,30-,31+,32-,33-,34-,35+,36-,41-,42+,43+,44-/m0/s1. The molecule has 0 unspecified atom stereocenters. The van der Waals surface area contributed by atoms with Crippen molar-refractivity contribution in [3.63, 3.8) is 0 Å². The molecule has 5 aliphatic carbocycles. The van der Waals surface area contributed by atoms with Gasteiger partial charge in [-0.15, -0.1) is 0 Å². The minimum atomic E-state index is -2.52.